The second kappa shape index (κ2) is 5.53. The van der Waals surface area contributed by atoms with E-state index in [2.05, 4.69) is 5.32 Å². The Kier molecular flexibility index (Phi) is 4.07. The molecule has 6 nitrogen and oxygen atoms in total. The zero-order valence-corrected chi connectivity index (χ0v) is 13.1. The van der Waals surface area contributed by atoms with Gasteiger partial charge in [0.2, 0.25) is 0 Å². The first-order valence-corrected chi connectivity index (χ1v) is 9.03. The fourth-order valence-corrected chi connectivity index (χ4v) is 5.98. The monoisotopic (exact) mass is 303 g/mol. The largest absolute Gasteiger partial charge is 0.373 e. The summed E-state index contributed by atoms with van der Waals surface area (Å²) in [4.78, 5) is 0. The molecule has 3 saturated heterocycles. The van der Waals surface area contributed by atoms with E-state index in [9.17, 15) is 8.42 Å². The van der Waals surface area contributed by atoms with E-state index < -0.39 is 10.2 Å². The lowest BCUT2D eigenvalue weighted by Crippen LogP contribution is -2.55. The first kappa shape index (κ1) is 14.7. The van der Waals surface area contributed by atoms with E-state index in [1.54, 1.807) is 8.61 Å². The summed E-state index contributed by atoms with van der Waals surface area (Å²) < 4.78 is 35.1. The van der Waals surface area contributed by atoms with Crippen LogP contribution in [0.15, 0.2) is 0 Å². The Labute approximate surface area is 121 Å². The molecule has 0 aliphatic carbocycles. The van der Waals surface area contributed by atoms with Crippen LogP contribution in [-0.2, 0) is 14.9 Å². The SMILES string of the molecule is CC1CN(S(=O)(=O)N2C3CCNCC2CC3)CC(C)O1. The highest BCUT2D eigenvalue weighted by molar-refractivity contribution is 7.86. The minimum Gasteiger partial charge on any atom is -0.373 e. The standard InChI is InChI=1S/C13H25N3O3S/c1-10-8-15(9-11(2)19-10)20(17,18)16-12-3-4-13(16)7-14-6-5-12/h10-14H,3-9H2,1-2H3. The molecule has 3 rings (SSSR count). The molecule has 3 heterocycles. The average Bonchev–Trinajstić information content (AvgIpc) is 2.62. The molecule has 3 fully saturated rings. The van der Waals surface area contributed by atoms with Gasteiger partial charge in [0.1, 0.15) is 0 Å². The maximum absolute atomic E-state index is 13.0. The van der Waals surface area contributed by atoms with Gasteiger partial charge < -0.3 is 10.1 Å². The molecule has 0 spiro atoms. The Bertz CT molecular complexity index is 432. The summed E-state index contributed by atoms with van der Waals surface area (Å²) in [5.41, 5.74) is 0. The highest BCUT2D eigenvalue weighted by atomic mass is 32.2. The van der Waals surface area contributed by atoms with Crippen LogP contribution in [0.3, 0.4) is 0 Å². The van der Waals surface area contributed by atoms with Crippen molar-refractivity contribution in [1.29, 1.82) is 0 Å². The first-order chi connectivity index (χ1) is 9.48. The molecule has 2 bridgehead atoms. The van der Waals surface area contributed by atoms with E-state index in [-0.39, 0.29) is 24.3 Å². The Morgan fingerprint density at radius 2 is 1.70 bits per heavy atom. The topological polar surface area (TPSA) is 61.9 Å². The summed E-state index contributed by atoms with van der Waals surface area (Å²) in [5, 5.41) is 3.35. The van der Waals surface area contributed by atoms with E-state index in [4.69, 9.17) is 4.74 Å². The summed E-state index contributed by atoms with van der Waals surface area (Å²) in [6.45, 7) is 6.52. The minimum absolute atomic E-state index is 0.0312. The maximum Gasteiger partial charge on any atom is 0.282 e. The van der Waals surface area contributed by atoms with Crippen LogP contribution in [0.5, 0.6) is 0 Å². The zero-order chi connectivity index (χ0) is 14.3. The second-order valence-electron chi connectivity index (χ2n) is 6.29. The number of rotatable bonds is 2. The number of nitrogens with one attached hydrogen (secondary N) is 1. The third-order valence-electron chi connectivity index (χ3n) is 4.57. The third-order valence-corrected chi connectivity index (χ3v) is 6.65. The van der Waals surface area contributed by atoms with E-state index >= 15 is 0 Å². The van der Waals surface area contributed by atoms with Gasteiger partial charge in [-0.15, -0.1) is 0 Å². The van der Waals surface area contributed by atoms with Crippen molar-refractivity contribution in [1.82, 2.24) is 13.9 Å². The van der Waals surface area contributed by atoms with Crippen molar-refractivity contribution in [2.24, 2.45) is 0 Å². The van der Waals surface area contributed by atoms with E-state index in [1.165, 1.54) is 0 Å². The van der Waals surface area contributed by atoms with Crippen molar-refractivity contribution in [3.63, 3.8) is 0 Å². The normalized spacial score (nSPS) is 40.7. The molecule has 0 aromatic carbocycles. The van der Waals surface area contributed by atoms with Gasteiger partial charge in [-0.25, -0.2) is 0 Å². The van der Waals surface area contributed by atoms with Crippen LogP contribution in [0.25, 0.3) is 0 Å². The molecule has 1 N–H and O–H groups in total. The summed E-state index contributed by atoms with van der Waals surface area (Å²) in [5.74, 6) is 0. The lowest BCUT2D eigenvalue weighted by atomic mass is 10.1. The van der Waals surface area contributed by atoms with Crippen molar-refractivity contribution < 1.29 is 13.2 Å². The maximum atomic E-state index is 13.0. The van der Waals surface area contributed by atoms with Crippen molar-refractivity contribution in [2.45, 2.75) is 57.4 Å². The van der Waals surface area contributed by atoms with Crippen LogP contribution in [0.4, 0.5) is 0 Å². The van der Waals surface area contributed by atoms with Gasteiger partial charge in [-0.05, 0) is 39.7 Å². The van der Waals surface area contributed by atoms with Gasteiger partial charge in [-0.3, -0.25) is 0 Å². The molecule has 7 heteroatoms. The van der Waals surface area contributed by atoms with E-state index in [0.717, 1.165) is 32.4 Å². The van der Waals surface area contributed by atoms with Crippen LogP contribution < -0.4 is 5.32 Å². The van der Waals surface area contributed by atoms with Gasteiger partial charge in [-0.1, -0.05) is 0 Å². The molecule has 0 amide bonds. The van der Waals surface area contributed by atoms with Crippen LogP contribution in [-0.4, -0.2) is 67.5 Å². The van der Waals surface area contributed by atoms with Gasteiger partial charge in [0.15, 0.2) is 0 Å². The minimum atomic E-state index is -3.36. The number of fused-ring (bicyclic) bond motifs is 2. The van der Waals surface area contributed by atoms with Crippen molar-refractivity contribution >= 4 is 10.2 Å². The number of morpholine rings is 1. The fraction of sp³-hybridized carbons (Fsp3) is 1.00. The van der Waals surface area contributed by atoms with E-state index in [1.807, 2.05) is 13.8 Å². The molecule has 3 aliphatic rings. The fourth-order valence-electron chi connectivity index (χ4n) is 3.77. The van der Waals surface area contributed by atoms with Gasteiger partial charge in [0.25, 0.3) is 10.2 Å². The molecule has 3 aliphatic heterocycles. The summed E-state index contributed by atoms with van der Waals surface area (Å²) in [7, 11) is -3.36. The van der Waals surface area contributed by atoms with Gasteiger partial charge >= 0.3 is 0 Å². The lowest BCUT2D eigenvalue weighted by molar-refractivity contribution is -0.0458. The van der Waals surface area contributed by atoms with Crippen LogP contribution in [0.1, 0.15) is 33.1 Å². The Balaban J connectivity index is 1.83. The van der Waals surface area contributed by atoms with Crippen molar-refractivity contribution in [3.8, 4) is 0 Å². The predicted molar refractivity (Wildman–Crippen MR) is 76.6 cm³/mol. The molecule has 4 unspecified atom stereocenters. The molecule has 0 radical (unpaired) electrons. The predicted octanol–water partition coefficient (Wildman–Crippen LogP) is 0.167. The van der Waals surface area contributed by atoms with Gasteiger partial charge in [0, 0.05) is 31.7 Å². The number of hydrogen-bond acceptors (Lipinski definition) is 4. The van der Waals surface area contributed by atoms with Crippen molar-refractivity contribution in [3.05, 3.63) is 0 Å². The zero-order valence-electron chi connectivity index (χ0n) is 12.3. The van der Waals surface area contributed by atoms with Crippen molar-refractivity contribution in [2.75, 3.05) is 26.2 Å². The van der Waals surface area contributed by atoms with Crippen LogP contribution >= 0.6 is 0 Å². The Morgan fingerprint density at radius 3 is 2.40 bits per heavy atom. The van der Waals surface area contributed by atoms with E-state index in [0.29, 0.717) is 13.1 Å². The highest BCUT2D eigenvalue weighted by Gasteiger charge is 2.46. The van der Waals surface area contributed by atoms with Gasteiger partial charge in [0.05, 0.1) is 12.2 Å². The number of ether oxygens (including phenoxy) is 1. The number of hydrogen-bond donors (Lipinski definition) is 1. The molecule has 20 heavy (non-hydrogen) atoms. The Morgan fingerprint density at radius 1 is 1.05 bits per heavy atom. The second-order valence-corrected chi connectivity index (χ2v) is 8.12. The molecular weight excluding hydrogens is 278 g/mol. The molecular formula is C13H25N3O3S. The quantitative estimate of drug-likeness (QED) is 0.790. The summed E-state index contributed by atoms with van der Waals surface area (Å²) >= 11 is 0. The molecule has 0 aromatic rings. The Hall–Kier alpha value is -0.210. The molecule has 0 saturated carbocycles. The van der Waals surface area contributed by atoms with Crippen LogP contribution in [0, 0.1) is 0 Å². The summed E-state index contributed by atoms with van der Waals surface area (Å²) in [6, 6.07) is 0.300. The average molecular weight is 303 g/mol. The highest BCUT2D eigenvalue weighted by Crippen LogP contribution is 2.33. The lowest BCUT2D eigenvalue weighted by Gasteiger charge is -2.39. The molecule has 4 atom stereocenters. The number of nitrogens with zero attached hydrogens (tertiary/aromatic N) is 2. The van der Waals surface area contributed by atoms with Crippen LogP contribution in [0.2, 0.25) is 0 Å². The summed E-state index contributed by atoms with van der Waals surface area (Å²) in [6.07, 6.45) is 2.84. The molecule has 116 valence electrons. The molecule has 0 aromatic heterocycles. The smallest absolute Gasteiger partial charge is 0.282 e. The van der Waals surface area contributed by atoms with Gasteiger partial charge in [-0.2, -0.15) is 17.0 Å². The third kappa shape index (κ3) is 2.62. The first-order valence-electron chi connectivity index (χ1n) is 7.63.